The molecule has 1 amide bonds. The predicted molar refractivity (Wildman–Crippen MR) is 82.2 cm³/mol. The summed E-state index contributed by atoms with van der Waals surface area (Å²) in [4.78, 5) is 26.4. The number of carboxylic acids is 1. The van der Waals surface area contributed by atoms with Crippen LogP contribution in [0.15, 0.2) is 5.38 Å². The lowest BCUT2D eigenvalue weighted by Crippen LogP contribution is -2.41. The lowest BCUT2D eigenvalue weighted by Gasteiger charge is -2.14. The third-order valence-corrected chi connectivity index (χ3v) is 4.58. The van der Waals surface area contributed by atoms with E-state index in [0.717, 1.165) is 10.7 Å². The van der Waals surface area contributed by atoms with Gasteiger partial charge in [-0.05, 0) is 0 Å². The number of amides is 1. The van der Waals surface area contributed by atoms with Crippen molar-refractivity contribution in [3.8, 4) is 0 Å². The standard InChI is InChI=1S/C13H20N2O3S2/c1-8(16)14-9(12(17)18)5-19-7-11-15-10(6-20-11)13(2,3)4/h6,9H,5,7H2,1-4H3,(H,14,16)(H,17,18). The van der Waals surface area contributed by atoms with Gasteiger partial charge in [0.1, 0.15) is 11.0 Å². The van der Waals surface area contributed by atoms with Crippen LogP contribution in [0.2, 0.25) is 0 Å². The Balaban J connectivity index is 2.49. The molecule has 0 spiro atoms. The van der Waals surface area contributed by atoms with Crippen LogP contribution in [0.25, 0.3) is 0 Å². The van der Waals surface area contributed by atoms with E-state index in [2.05, 4.69) is 31.1 Å². The highest BCUT2D eigenvalue weighted by atomic mass is 32.2. The van der Waals surface area contributed by atoms with Crippen LogP contribution in [0.4, 0.5) is 0 Å². The van der Waals surface area contributed by atoms with E-state index in [1.807, 2.05) is 5.38 Å². The predicted octanol–water partition coefficient (Wildman–Crippen LogP) is 2.26. The molecular weight excluding hydrogens is 296 g/mol. The fraction of sp³-hybridized carbons (Fsp3) is 0.615. The van der Waals surface area contributed by atoms with E-state index in [-0.39, 0.29) is 11.3 Å². The third kappa shape index (κ3) is 5.50. The monoisotopic (exact) mass is 316 g/mol. The van der Waals surface area contributed by atoms with Gasteiger partial charge in [0.2, 0.25) is 5.91 Å². The summed E-state index contributed by atoms with van der Waals surface area (Å²) in [6.07, 6.45) is 0. The van der Waals surface area contributed by atoms with Crippen LogP contribution in [0.3, 0.4) is 0 Å². The molecule has 0 aromatic carbocycles. The van der Waals surface area contributed by atoms with Crippen molar-refractivity contribution < 1.29 is 14.7 Å². The molecule has 0 aliphatic carbocycles. The van der Waals surface area contributed by atoms with Crippen molar-refractivity contribution in [3.05, 3.63) is 16.1 Å². The topological polar surface area (TPSA) is 79.3 Å². The molecule has 0 aliphatic heterocycles. The Morgan fingerprint density at radius 3 is 2.60 bits per heavy atom. The van der Waals surface area contributed by atoms with Gasteiger partial charge in [-0.25, -0.2) is 9.78 Å². The van der Waals surface area contributed by atoms with Gasteiger partial charge in [-0.15, -0.1) is 11.3 Å². The highest BCUT2D eigenvalue weighted by Crippen LogP contribution is 2.25. The zero-order chi connectivity index (χ0) is 15.3. The van der Waals surface area contributed by atoms with Crippen molar-refractivity contribution in [2.24, 2.45) is 0 Å². The molecule has 1 atom stereocenters. The molecular formula is C13H20N2O3S2. The lowest BCUT2D eigenvalue weighted by atomic mass is 9.93. The summed E-state index contributed by atoms with van der Waals surface area (Å²) >= 11 is 3.04. The number of carboxylic acid groups (broad SMARTS) is 1. The fourth-order valence-corrected chi connectivity index (χ4v) is 3.55. The number of hydrogen-bond donors (Lipinski definition) is 2. The molecule has 1 rings (SSSR count). The van der Waals surface area contributed by atoms with Gasteiger partial charge in [-0.2, -0.15) is 11.8 Å². The number of carbonyl (C=O) groups excluding carboxylic acids is 1. The maximum absolute atomic E-state index is 11.0. The van der Waals surface area contributed by atoms with Crippen LogP contribution in [0, 0.1) is 0 Å². The number of nitrogens with zero attached hydrogens (tertiary/aromatic N) is 1. The van der Waals surface area contributed by atoms with Crippen molar-refractivity contribution in [3.63, 3.8) is 0 Å². The molecule has 0 radical (unpaired) electrons. The highest BCUT2D eigenvalue weighted by Gasteiger charge is 2.20. The summed E-state index contributed by atoms with van der Waals surface area (Å²) in [5.74, 6) is -0.354. The van der Waals surface area contributed by atoms with Gasteiger partial charge in [0, 0.05) is 29.2 Å². The van der Waals surface area contributed by atoms with E-state index >= 15 is 0 Å². The SMILES string of the molecule is CC(=O)NC(CSCc1nc(C(C)(C)C)cs1)C(=O)O. The second-order valence-electron chi connectivity index (χ2n) is 5.48. The molecule has 2 N–H and O–H groups in total. The van der Waals surface area contributed by atoms with Crippen LogP contribution >= 0.6 is 23.1 Å². The number of aliphatic carboxylic acids is 1. The van der Waals surface area contributed by atoms with Crippen LogP contribution in [-0.4, -0.2) is 33.8 Å². The van der Waals surface area contributed by atoms with Gasteiger partial charge in [0.05, 0.1) is 5.69 Å². The van der Waals surface area contributed by atoms with Gasteiger partial charge < -0.3 is 10.4 Å². The van der Waals surface area contributed by atoms with Gasteiger partial charge in [0.15, 0.2) is 0 Å². The summed E-state index contributed by atoms with van der Waals surface area (Å²) in [5, 5.41) is 14.4. The molecule has 0 bridgehead atoms. The molecule has 1 aromatic heterocycles. The number of rotatable bonds is 6. The minimum Gasteiger partial charge on any atom is -0.480 e. The van der Waals surface area contributed by atoms with Crippen molar-refractivity contribution in [1.29, 1.82) is 0 Å². The number of thioether (sulfide) groups is 1. The van der Waals surface area contributed by atoms with Crippen molar-refractivity contribution in [2.75, 3.05) is 5.75 Å². The Morgan fingerprint density at radius 2 is 2.15 bits per heavy atom. The first kappa shape index (κ1) is 17.0. The zero-order valence-corrected chi connectivity index (χ0v) is 13.7. The molecule has 7 heteroatoms. The maximum atomic E-state index is 11.0. The normalized spacial score (nSPS) is 13.0. The van der Waals surface area contributed by atoms with Crippen LogP contribution < -0.4 is 5.32 Å². The molecule has 5 nitrogen and oxygen atoms in total. The van der Waals surface area contributed by atoms with Crippen molar-refractivity contribution in [2.45, 2.75) is 44.9 Å². The molecule has 0 fully saturated rings. The number of aromatic nitrogens is 1. The first-order valence-corrected chi connectivity index (χ1v) is 8.26. The summed E-state index contributed by atoms with van der Waals surface area (Å²) in [6, 6.07) is -0.848. The maximum Gasteiger partial charge on any atom is 0.327 e. The highest BCUT2D eigenvalue weighted by molar-refractivity contribution is 7.98. The summed E-state index contributed by atoms with van der Waals surface area (Å²) in [5.41, 5.74) is 1.08. The first-order chi connectivity index (χ1) is 9.20. The molecule has 1 heterocycles. The second kappa shape index (κ2) is 7.08. The van der Waals surface area contributed by atoms with E-state index in [9.17, 15) is 9.59 Å². The minimum atomic E-state index is -1.01. The fourth-order valence-electron chi connectivity index (χ4n) is 1.41. The number of hydrogen-bond acceptors (Lipinski definition) is 5. The van der Waals surface area contributed by atoms with Crippen LogP contribution in [0.5, 0.6) is 0 Å². The summed E-state index contributed by atoms with van der Waals surface area (Å²) < 4.78 is 0. The molecule has 1 aromatic rings. The average Bonchev–Trinajstić information content (AvgIpc) is 2.75. The lowest BCUT2D eigenvalue weighted by molar-refractivity contribution is -0.140. The summed E-state index contributed by atoms with van der Waals surface area (Å²) in [7, 11) is 0. The number of thiazole rings is 1. The molecule has 0 saturated heterocycles. The van der Waals surface area contributed by atoms with Gasteiger partial charge >= 0.3 is 5.97 Å². The first-order valence-electron chi connectivity index (χ1n) is 6.22. The van der Waals surface area contributed by atoms with Crippen molar-refractivity contribution in [1.82, 2.24) is 10.3 Å². The number of carbonyl (C=O) groups is 2. The van der Waals surface area contributed by atoms with Crippen molar-refractivity contribution >= 4 is 35.0 Å². The Kier molecular flexibility index (Phi) is 6.01. The van der Waals surface area contributed by atoms with Crippen LogP contribution in [0.1, 0.15) is 38.4 Å². The van der Waals surface area contributed by atoms with E-state index in [4.69, 9.17) is 5.11 Å². The van der Waals surface area contributed by atoms with E-state index in [1.165, 1.54) is 18.7 Å². The average molecular weight is 316 g/mol. The van der Waals surface area contributed by atoms with Crippen LogP contribution in [-0.2, 0) is 20.8 Å². The van der Waals surface area contributed by atoms with E-state index < -0.39 is 12.0 Å². The number of nitrogens with one attached hydrogen (secondary N) is 1. The smallest absolute Gasteiger partial charge is 0.327 e. The molecule has 20 heavy (non-hydrogen) atoms. The Bertz CT molecular complexity index is 480. The second-order valence-corrected chi connectivity index (χ2v) is 7.46. The van der Waals surface area contributed by atoms with Gasteiger partial charge in [-0.1, -0.05) is 20.8 Å². The third-order valence-electron chi connectivity index (χ3n) is 2.51. The van der Waals surface area contributed by atoms with Gasteiger partial charge in [0.25, 0.3) is 0 Å². The molecule has 0 saturated carbocycles. The molecule has 0 aliphatic rings. The Morgan fingerprint density at radius 1 is 1.50 bits per heavy atom. The van der Waals surface area contributed by atoms with Gasteiger partial charge in [-0.3, -0.25) is 4.79 Å². The quantitative estimate of drug-likeness (QED) is 0.841. The van der Waals surface area contributed by atoms with E-state index in [1.54, 1.807) is 11.3 Å². The molecule has 112 valence electrons. The minimum absolute atomic E-state index is 0.0270. The zero-order valence-electron chi connectivity index (χ0n) is 12.1. The van der Waals surface area contributed by atoms with E-state index in [0.29, 0.717) is 11.5 Å². The molecule has 1 unspecified atom stereocenters. The summed E-state index contributed by atoms with van der Waals surface area (Å²) in [6.45, 7) is 7.64. The Labute approximate surface area is 127 Å². The largest absolute Gasteiger partial charge is 0.480 e. The Hall–Kier alpha value is -1.08.